The maximum Gasteiger partial charge on any atom is 0.261 e. The van der Waals surface area contributed by atoms with Crippen LogP contribution in [0.25, 0.3) is 0 Å². The molecule has 2 amide bonds. The molecule has 5 rings (SSSR count). The van der Waals surface area contributed by atoms with Gasteiger partial charge in [-0.15, -0.1) is 0 Å². The van der Waals surface area contributed by atoms with Crippen molar-refractivity contribution in [3.05, 3.63) is 11.6 Å². The molecule has 1 aliphatic heterocycles. The molecule has 4 fully saturated rings. The summed E-state index contributed by atoms with van der Waals surface area (Å²) in [4.78, 5) is 42.2. The van der Waals surface area contributed by atoms with Gasteiger partial charge in [-0.3, -0.25) is 14.4 Å². The van der Waals surface area contributed by atoms with Gasteiger partial charge in [0.15, 0.2) is 12.4 Å². The number of aliphatic hydroxyl groups is 1. The number of Topliss-reactive ketones (excluding diaryl/α,β-unsaturated/α-hetero) is 1. The molecular formula is C29H43N3O5. The SMILES string of the molecule is CC(=O)[C@]1(O)CC[C@@H]2[C@H]3CCC4=C/C(=N/OCC(=O)N[C@H]5CCCCNC5=O)CC[C@]4(C)[C@@H]3CC[C@]21C. The van der Waals surface area contributed by atoms with Gasteiger partial charge in [0.2, 0.25) is 5.91 Å². The van der Waals surface area contributed by atoms with Crippen molar-refractivity contribution in [2.24, 2.45) is 33.7 Å². The number of hydrogen-bond acceptors (Lipinski definition) is 6. The Hall–Kier alpha value is -2.22. The van der Waals surface area contributed by atoms with E-state index in [0.717, 1.165) is 63.5 Å². The van der Waals surface area contributed by atoms with Crippen LogP contribution in [-0.4, -0.2) is 53.2 Å². The lowest BCUT2D eigenvalue weighted by Gasteiger charge is -2.59. The lowest BCUT2D eigenvalue weighted by molar-refractivity contribution is -0.159. The normalized spacial score (nSPS) is 42.4. The van der Waals surface area contributed by atoms with E-state index in [1.54, 1.807) is 6.92 Å². The number of fused-ring (bicyclic) bond motifs is 5. The van der Waals surface area contributed by atoms with Gasteiger partial charge in [-0.1, -0.05) is 24.6 Å². The number of carbonyl (C=O) groups excluding carboxylic acids is 3. The quantitative estimate of drug-likeness (QED) is 0.487. The van der Waals surface area contributed by atoms with Crippen molar-refractivity contribution in [2.75, 3.05) is 13.2 Å². The Morgan fingerprint density at radius 3 is 2.68 bits per heavy atom. The minimum absolute atomic E-state index is 0.0664. The summed E-state index contributed by atoms with van der Waals surface area (Å²) in [7, 11) is 0. The molecule has 7 atom stereocenters. The van der Waals surface area contributed by atoms with E-state index in [4.69, 9.17) is 4.84 Å². The fourth-order valence-corrected chi connectivity index (χ4v) is 8.72. The predicted molar refractivity (Wildman–Crippen MR) is 140 cm³/mol. The second kappa shape index (κ2) is 9.83. The Kier molecular flexibility index (Phi) is 7.01. The van der Waals surface area contributed by atoms with Crippen molar-refractivity contribution in [3.8, 4) is 0 Å². The molecule has 0 bridgehead atoms. The summed E-state index contributed by atoms with van der Waals surface area (Å²) in [6.45, 7) is 6.58. The maximum absolute atomic E-state index is 12.4. The van der Waals surface area contributed by atoms with Crippen molar-refractivity contribution in [3.63, 3.8) is 0 Å². The zero-order valence-corrected chi connectivity index (χ0v) is 22.6. The van der Waals surface area contributed by atoms with E-state index in [9.17, 15) is 19.5 Å². The van der Waals surface area contributed by atoms with Gasteiger partial charge in [0.05, 0.1) is 5.71 Å². The standard InChI is InChI=1S/C29H43N3O5/c1-18(33)29(36)14-11-23-21-8-7-19-16-20(9-12-27(19,2)22(21)10-13-28(23,29)3)32-37-17-25(34)31-24-6-4-5-15-30-26(24)35/h16,21-24,36H,4-15,17H2,1-3H3,(H,30,35)(H,31,34)/b32-20+/t21-,22+,23+,24-,27-,28+,29+/m0/s1. The smallest absolute Gasteiger partial charge is 0.261 e. The molecular weight excluding hydrogens is 470 g/mol. The van der Waals surface area contributed by atoms with Crippen molar-refractivity contribution in [2.45, 2.75) is 103 Å². The lowest BCUT2D eigenvalue weighted by Crippen LogP contribution is -2.57. The third-order valence-corrected chi connectivity index (χ3v) is 11.0. The molecule has 3 saturated carbocycles. The maximum atomic E-state index is 12.4. The number of carbonyl (C=O) groups is 3. The highest BCUT2D eigenvalue weighted by Crippen LogP contribution is 2.67. The van der Waals surface area contributed by atoms with Gasteiger partial charge < -0.3 is 20.6 Å². The summed E-state index contributed by atoms with van der Waals surface area (Å²) in [5.41, 5.74) is 0.911. The third-order valence-electron chi connectivity index (χ3n) is 11.0. The summed E-state index contributed by atoms with van der Waals surface area (Å²) in [6, 6.07) is -0.498. The predicted octanol–water partition coefficient (Wildman–Crippen LogP) is 3.43. The van der Waals surface area contributed by atoms with Gasteiger partial charge in [-0.05, 0) is 107 Å². The first-order valence-electron chi connectivity index (χ1n) is 14.3. The minimum atomic E-state index is -1.17. The average Bonchev–Trinajstić information content (AvgIpc) is 2.99. The van der Waals surface area contributed by atoms with Gasteiger partial charge in [-0.2, -0.15) is 0 Å². The molecule has 3 N–H and O–H groups in total. The molecule has 0 aromatic rings. The van der Waals surface area contributed by atoms with Gasteiger partial charge in [0.1, 0.15) is 11.6 Å². The van der Waals surface area contributed by atoms with E-state index in [1.165, 1.54) is 5.57 Å². The molecule has 8 nitrogen and oxygen atoms in total. The number of nitrogens with one attached hydrogen (secondary N) is 2. The number of nitrogens with zero attached hydrogens (tertiary/aromatic N) is 1. The highest BCUT2D eigenvalue weighted by atomic mass is 16.6. The topological polar surface area (TPSA) is 117 Å². The molecule has 0 radical (unpaired) electrons. The van der Waals surface area contributed by atoms with Crippen LogP contribution >= 0.6 is 0 Å². The van der Waals surface area contributed by atoms with E-state index in [-0.39, 0.29) is 35.0 Å². The number of oxime groups is 1. The number of amides is 2. The molecule has 37 heavy (non-hydrogen) atoms. The van der Waals surface area contributed by atoms with E-state index < -0.39 is 11.6 Å². The largest absolute Gasteiger partial charge is 0.385 e. The van der Waals surface area contributed by atoms with Crippen LogP contribution in [0.4, 0.5) is 0 Å². The Morgan fingerprint density at radius 2 is 1.89 bits per heavy atom. The van der Waals surface area contributed by atoms with Crippen LogP contribution in [0.1, 0.15) is 91.4 Å². The highest BCUT2D eigenvalue weighted by Gasteiger charge is 2.65. The number of rotatable bonds is 5. The molecule has 0 spiro atoms. The van der Waals surface area contributed by atoms with Gasteiger partial charge >= 0.3 is 0 Å². The summed E-state index contributed by atoms with van der Waals surface area (Å²) in [5.74, 6) is 0.963. The molecule has 4 aliphatic carbocycles. The van der Waals surface area contributed by atoms with Crippen LogP contribution in [0.15, 0.2) is 16.8 Å². The van der Waals surface area contributed by atoms with Crippen LogP contribution in [-0.2, 0) is 19.2 Å². The van der Waals surface area contributed by atoms with Crippen LogP contribution in [0.3, 0.4) is 0 Å². The number of ketones is 1. The van der Waals surface area contributed by atoms with Crippen LogP contribution < -0.4 is 10.6 Å². The number of hydrogen-bond donors (Lipinski definition) is 3. The Morgan fingerprint density at radius 1 is 1.11 bits per heavy atom. The number of allylic oxidation sites excluding steroid dienone is 2. The summed E-state index contributed by atoms with van der Waals surface area (Å²) >= 11 is 0. The molecule has 0 unspecified atom stereocenters. The van der Waals surface area contributed by atoms with Crippen LogP contribution in [0, 0.1) is 28.6 Å². The molecule has 1 saturated heterocycles. The molecule has 0 aromatic carbocycles. The van der Waals surface area contributed by atoms with Crippen molar-refractivity contribution in [1.82, 2.24) is 10.6 Å². The monoisotopic (exact) mass is 513 g/mol. The average molecular weight is 514 g/mol. The molecule has 8 heteroatoms. The summed E-state index contributed by atoms with van der Waals surface area (Å²) < 4.78 is 0. The highest BCUT2D eigenvalue weighted by molar-refractivity contribution is 5.96. The molecule has 5 aliphatic rings. The second-order valence-electron chi connectivity index (χ2n) is 12.7. The first-order valence-corrected chi connectivity index (χ1v) is 14.3. The first-order chi connectivity index (χ1) is 17.6. The fourth-order valence-electron chi connectivity index (χ4n) is 8.72. The van der Waals surface area contributed by atoms with Crippen molar-refractivity contribution in [1.29, 1.82) is 0 Å². The summed E-state index contributed by atoms with van der Waals surface area (Å²) in [5, 5.41) is 21.2. The van der Waals surface area contributed by atoms with Gasteiger partial charge in [0.25, 0.3) is 5.91 Å². The Labute approximate surface area is 220 Å². The molecule has 1 heterocycles. The van der Waals surface area contributed by atoms with Crippen LogP contribution in [0.5, 0.6) is 0 Å². The molecule has 204 valence electrons. The van der Waals surface area contributed by atoms with Crippen LogP contribution in [0.2, 0.25) is 0 Å². The van der Waals surface area contributed by atoms with E-state index in [0.29, 0.717) is 37.1 Å². The molecule has 0 aromatic heterocycles. The van der Waals surface area contributed by atoms with E-state index in [2.05, 4.69) is 35.7 Å². The van der Waals surface area contributed by atoms with Gasteiger partial charge in [-0.25, -0.2) is 0 Å². The lowest BCUT2D eigenvalue weighted by atomic mass is 9.46. The van der Waals surface area contributed by atoms with Crippen molar-refractivity contribution < 1.29 is 24.3 Å². The second-order valence-corrected chi connectivity index (χ2v) is 12.7. The third kappa shape index (κ3) is 4.43. The fraction of sp³-hybridized carbons (Fsp3) is 0.793. The minimum Gasteiger partial charge on any atom is -0.385 e. The Balaban J connectivity index is 1.22. The Bertz CT molecular complexity index is 1020. The zero-order valence-electron chi connectivity index (χ0n) is 22.6. The van der Waals surface area contributed by atoms with E-state index >= 15 is 0 Å². The van der Waals surface area contributed by atoms with E-state index in [1.807, 2.05) is 0 Å². The zero-order chi connectivity index (χ0) is 26.4. The van der Waals surface area contributed by atoms with Gasteiger partial charge in [0, 0.05) is 12.0 Å². The summed E-state index contributed by atoms with van der Waals surface area (Å²) in [6.07, 6.45) is 12.0. The van der Waals surface area contributed by atoms with Crippen molar-refractivity contribution >= 4 is 23.3 Å². The first kappa shape index (κ1) is 26.4.